The summed E-state index contributed by atoms with van der Waals surface area (Å²) in [7, 11) is 0. The number of carbonyl (C=O) groups is 1. The Kier molecular flexibility index (Phi) is 4.56. The number of nitrogens with zero attached hydrogens (tertiary/aromatic N) is 3. The van der Waals surface area contributed by atoms with Gasteiger partial charge in [-0.15, -0.1) is 0 Å². The highest BCUT2D eigenvalue weighted by Gasteiger charge is 2.39. The van der Waals surface area contributed by atoms with E-state index in [2.05, 4.69) is 10.1 Å². The molecule has 0 spiro atoms. The summed E-state index contributed by atoms with van der Waals surface area (Å²) >= 11 is 0. The Labute approximate surface area is 114 Å². The van der Waals surface area contributed by atoms with Crippen molar-refractivity contribution >= 4 is 5.97 Å². The Hall–Kier alpha value is -1.39. The summed E-state index contributed by atoms with van der Waals surface area (Å²) in [6.07, 6.45) is 9.11. The molecule has 1 aromatic heterocycles. The average Bonchev–Trinajstić information content (AvgIpc) is 2.79. The summed E-state index contributed by atoms with van der Waals surface area (Å²) in [6.45, 7) is 2.74. The molecule has 5 nitrogen and oxygen atoms in total. The molecule has 1 saturated carbocycles. The number of carboxylic acids is 1. The van der Waals surface area contributed by atoms with Gasteiger partial charge in [0.05, 0.1) is 5.41 Å². The Balaban J connectivity index is 2.20. The van der Waals surface area contributed by atoms with Crippen LogP contribution in [0.15, 0.2) is 6.33 Å². The van der Waals surface area contributed by atoms with Crippen molar-refractivity contribution in [1.29, 1.82) is 0 Å². The van der Waals surface area contributed by atoms with Gasteiger partial charge in [-0.05, 0) is 19.8 Å². The van der Waals surface area contributed by atoms with E-state index in [-0.39, 0.29) is 0 Å². The van der Waals surface area contributed by atoms with Crippen LogP contribution in [0.2, 0.25) is 0 Å². The summed E-state index contributed by atoms with van der Waals surface area (Å²) in [5, 5.41) is 13.9. The standard InChI is InChI=1S/C14H23N3O2/c1-2-17-12(15-11-16-17)10-14(13(18)19)8-6-4-3-5-7-9-14/h11H,2-10H2,1H3,(H,18,19). The number of aryl methyl sites for hydroxylation is 1. The summed E-state index contributed by atoms with van der Waals surface area (Å²) in [5.41, 5.74) is -0.639. The van der Waals surface area contributed by atoms with Crippen LogP contribution in [0.3, 0.4) is 0 Å². The molecular formula is C14H23N3O2. The van der Waals surface area contributed by atoms with Gasteiger partial charge in [-0.3, -0.25) is 9.48 Å². The minimum atomic E-state index is -0.667. The van der Waals surface area contributed by atoms with E-state index in [0.717, 1.165) is 50.9 Å². The third-order valence-corrected chi connectivity index (χ3v) is 4.26. The van der Waals surface area contributed by atoms with Crippen molar-refractivity contribution in [3.8, 4) is 0 Å². The molecule has 0 aliphatic heterocycles. The van der Waals surface area contributed by atoms with Crippen molar-refractivity contribution in [2.24, 2.45) is 5.41 Å². The molecule has 5 heteroatoms. The zero-order valence-electron chi connectivity index (χ0n) is 11.6. The third kappa shape index (κ3) is 3.14. The first-order valence-electron chi connectivity index (χ1n) is 7.28. The van der Waals surface area contributed by atoms with E-state index in [1.807, 2.05) is 11.6 Å². The van der Waals surface area contributed by atoms with E-state index in [4.69, 9.17) is 0 Å². The van der Waals surface area contributed by atoms with Gasteiger partial charge in [0.15, 0.2) is 0 Å². The first-order chi connectivity index (χ1) is 9.18. The third-order valence-electron chi connectivity index (χ3n) is 4.26. The molecule has 1 fully saturated rings. The van der Waals surface area contributed by atoms with Crippen LogP contribution in [0, 0.1) is 5.41 Å². The van der Waals surface area contributed by atoms with Crippen molar-refractivity contribution < 1.29 is 9.90 Å². The highest BCUT2D eigenvalue weighted by molar-refractivity contribution is 5.74. The van der Waals surface area contributed by atoms with Gasteiger partial charge >= 0.3 is 5.97 Å². The maximum Gasteiger partial charge on any atom is 0.310 e. The minimum Gasteiger partial charge on any atom is -0.481 e. The lowest BCUT2D eigenvalue weighted by Crippen LogP contribution is -2.35. The molecule has 1 heterocycles. The first-order valence-corrected chi connectivity index (χ1v) is 7.28. The monoisotopic (exact) mass is 265 g/mol. The molecule has 1 N–H and O–H groups in total. The number of aliphatic carboxylic acids is 1. The lowest BCUT2D eigenvalue weighted by molar-refractivity contribution is -0.150. The molecule has 19 heavy (non-hydrogen) atoms. The van der Waals surface area contributed by atoms with Gasteiger partial charge in [0, 0.05) is 13.0 Å². The Bertz CT molecular complexity index is 420. The van der Waals surface area contributed by atoms with E-state index < -0.39 is 11.4 Å². The van der Waals surface area contributed by atoms with Crippen LogP contribution in [0.4, 0.5) is 0 Å². The normalized spacial score (nSPS) is 19.6. The molecule has 0 radical (unpaired) electrons. The van der Waals surface area contributed by atoms with Crippen molar-refractivity contribution in [3.05, 3.63) is 12.2 Å². The van der Waals surface area contributed by atoms with E-state index in [1.165, 1.54) is 12.7 Å². The van der Waals surface area contributed by atoms with Crippen LogP contribution < -0.4 is 0 Å². The summed E-state index contributed by atoms with van der Waals surface area (Å²) in [5.74, 6) is 0.144. The molecule has 0 atom stereocenters. The molecule has 2 rings (SSSR count). The van der Waals surface area contributed by atoms with Crippen molar-refractivity contribution in [3.63, 3.8) is 0 Å². The SMILES string of the molecule is CCn1ncnc1CC1(C(=O)O)CCCCCCC1. The average molecular weight is 265 g/mol. The number of hydrogen-bond donors (Lipinski definition) is 1. The lowest BCUT2D eigenvalue weighted by atomic mass is 9.73. The highest BCUT2D eigenvalue weighted by atomic mass is 16.4. The highest BCUT2D eigenvalue weighted by Crippen LogP contribution is 2.37. The molecule has 0 aromatic carbocycles. The summed E-state index contributed by atoms with van der Waals surface area (Å²) in [6, 6.07) is 0. The fraction of sp³-hybridized carbons (Fsp3) is 0.786. The zero-order valence-corrected chi connectivity index (χ0v) is 11.6. The molecule has 0 amide bonds. The maximum absolute atomic E-state index is 11.8. The van der Waals surface area contributed by atoms with Crippen LogP contribution in [0.5, 0.6) is 0 Å². The molecule has 0 bridgehead atoms. The van der Waals surface area contributed by atoms with Crippen LogP contribution >= 0.6 is 0 Å². The van der Waals surface area contributed by atoms with Gasteiger partial charge in [0.25, 0.3) is 0 Å². The van der Waals surface area contributed by atoms with Crippen LogP contribution in [0.25, 0.3) is 0 Å². The quantitative estimate of drug-likeness (QED) is 0.908. The Morgan fingerprint density at radius 1 is 1.32 bits per heavy atom. The molecular weight excluding hydrogens is 242 g/mol. The smallest absolute Gasteiger partial charge is 0.310 e. The maximum atomic E-state index is 11.8. The summed E-state index contributed by atoms with van der Waals surface area (Å²) < 4.78 is 1.81. The molecule has 0 saturated heterocycles. The molecule has 106 valence electrons. The van der Waals surface area contributed by atoms with Gasteiger partial charge in [-0.25, -0.2) is 4.98 Å². The van der Waals surface area contributed by atoms with Crippen LogP contribution in [-0.2, 0) is 17.8 Å². The first kappa shape index (κ1) is 14.0. The van der Waals surface area contributed by atoms with E-state index >= 15 is 0 Å². The predicted octanol–water partition coefficient (Wildman–Crippen LogP) is 2.66. The topological polar surface area (TPSA) is 68.0 Å². The fourth-order valence-corrected chi connectivity index (χ4v) is 3.04. The Morgan fingerprint density at radius 3 is 2.53 bits per heavy atom. The second kappa shape index (κ2) is 6.17. The van der Waals surface area contributed by atoms with Gasteiger partial charge in [0.2, 0.25) is 0 Å². The number of rotatable bonds is 4. The molecule has 1 aromatic rings. The largest absolute Gasteiger partial charge is 0.481 e. The van der Waals surface area contributed by atoms with Gasteiger partial charge in [-0.1, -0.05) is 32.1 Å². The number of aromatic nitrogens is 3. The van der Waals surface area contributed by atoms with Gasteiger partial charge < -0.3 is 5.11 Å². The second-order valence-electron chi connectivity index (χ2n) is 5.52. The predicted molar refractivity (Wildman–Crippen MR) is 71.8 cm³/mol. The van der Waals surface area contributed by atoms with E-state index in [9.17, 15) is 9.90 Å². The van der Waals surface area contributed by atoms with Crippen LogP contribution in [0.1, 0.15) is 57.7 Å². The number of hydrogen-bond acceptors (Lipinski definition) is 3. The zero-order chi connectivity index (χ0) is 13.7. The minimum absolute atomic E-state index is 0.510. The van der Waals surface area contributed by atoms with E-state index in [0.29, 0.717) is 6.42 Å². The van der Waals surface area contributed by atoms with E-state index in [1.54, 1.807) is 0 Å². The molecule has 1 aliphatic rings. The van der Waals surface area contributed by atoms with Crippen molar-refractivity contribution in [2.45, 2.75) is 64.8 Å². The summed E-state index contributed by atoms with van der Waals surface area (Å²) in [4.78, 5) is 16.1. The van der Waals surface area contributed by atoms with Gasteiger partial charge in [-0.2, -0.15) is 5.10 Å². The van der Waals surface area contributed by atoms with Gasteiger partial charge in [0.1, 0.15) is 12.2 Å². The molecule has 1 aliphatic carbocycles. The van der Waals surface area contributed by atoms with Crippen molar-refractivity contribution in [2.75, 3.05) is 0 Å². The fourth-order valence-electron chi connectivity index (χ4n) is 3.04. The van der Waals surface area contributed by atoms with Crippen molar-refractivity contribution in [1.82, 2.24) is 14.8 Å². The lowest BCUT2D eigenvalue weighted by Gasteiger charge is -2.30. The molecule has 0 unspecified atom stereocenters. The number of carboxylic acid groups (broad SMARTS) is 1. The van der Waals surface area contributed by atoms with Crippen LogP contribution in [-0.4, -0.2) is 25.8 Å². The Morgan fingerprint density at radius 2 is 1.95 bits per heavy atom. The second-order valence-corrected chi connectivity index (χ2v) is 5.52.